The summed E-state index contributed by atoms with van der Waals surface area (Å²) < 4.78 is 34.7. The Balaban J connectivity index is 1.88. The Kier molecular flexibility index (Phi) is 3.90. The van der Waals surface area contributed by atoms with Gasteiger partial charge in [0, 0.05) is 5.56 Å². The highest BCUT2D eigenvalue weighted by Gasteiger charge is 2.59. The first kappa shape index (κ1) is 18.4. The summed E-state index contributed by atoms with van der Waals surface area (Å²) in [4.78, 5) is 12.7. The molecule has 1 aromatic carbocycles. The fourth-order valence-electron chi connectivity index (χ4n) is 5.24. The molecule has 3 heterocycles. The number of ether oxygens (including phenoxy) is 6. The average Bonchev–Trinajstić information content (AvgIpc) is 3.31. The number of hydrogen-bond acceptors (Lipinski definition) is 7. The van der Waals surface area contributed by atoms with Gasteiger partial charge < -0.3 is 28.4 Å². The van der Waals surface area contributed by atoms with Gasteiger partial charge in [-0.1, -0.05) is 13.8 Å². The van der Waals surface area contributed by atoms with Gasteiger partial charge in [0.05, 0.1) is 39.0 Å². The van der Waals surface area contributed by atoms with Gasteiger partial charge in [-0.15, -0.1) is 0 Å². The number of carbonyl (C=O) groups is 1. The summed E-state index contributed by atoms with van der Waals surface area (Å²) in [6, 6.07) is 1.98. The molecule has 0 aromatic heterocycles. The molecule has 0 amide bonds. The first-order chi connectivity index (χ1) is 14.0. The molecule has 1 fully saturated rings. The number of hydrogen-bond donors (Lipinski definition) is 0. The number of ketones is 1. The van der Waals surface area contributed by atoms with Crippen molar-refractivity contribution in [2.24, 2.45) is 11.8 Å². The maximum absolute atomic E-state index is 12.7. The van der Waals surface area contributed by atoms with E-state index in [1.54, 1.807) is 7.11 Å². The van der Waals surface area contributed by atoms with Crippen LogP contribution in [-0.4, -0.2) is 40.0 Å². The second kappa shape index (κ2) is 6.16. The van der Waals surface area contributed by atoms with Crippen LogP contribution in [0.2, 0.25) is 0 Å². The molecule has 154 valence electrons. The van der Waals surface area contributed by atoms with Gasteiger partial charge in [-0.05, 0) is 35.6 Å². The number of Topliss-reactive ketones (excluding diaryl/α,β-unsaturated/α-hetero) is 1. The molecule has 4 aliphatic rings. The molecule has 7 heteroatoms. The van der Waals surface area contributed by atoms with E-state index in [1.165, 1.54) is 14.2 Å². The van der Waals surface area contributed by atoms with Gasteiger partial charge in [0.15, 0.2) is 23.0 Å². The molecule has 2 bridgehead atoms. The summed E-state index contributed by atoms with van der Waals surface area (Å²) in [5, 5.41) is 0. The number of rotatable bonds is 3. The smallest absolute Gasteiger partial charge is 0.261 e. The van der Waals surface area contributed by atoms with Gasteiger partial charge in [0.25, 0.3) is 5.78 Å². The Hall–Kier alpha value is -2.67. The van der Waals surface area contributed by atoms with E-state index in [0.29, 0.717) is 17.2 Å². The quantitative estimate of drug-likeness (QED) is 0.772. The Bertz CT molecular complexity index is 936. The van der Waals surface area contributed by atoms with Crippen molar-refractivity contribution in [1.29, 1.82) is 0 Å². The van der Waals surface area contributed by atoms with E-state index >= 15 is 0 Å². The molecule has 5 rings (SSSR count). The van der Waals surface area contributed by atoms with E-state index < -0.39 is 5.41 Å². The first-order valence-corrected chi connectivity index (χ1v) is 9.71. The predicted molar refractivity (Wildman–Crippen MR) is 102 cm³/mol. The Morgan fingerprint density at radius 1 is 1.00 bits per heavy atom. The number of benzene rings is 1. The van der Waals surface area contributed by atoms with E-state index in [9.17, 15) is 4.79 Å². The van der Waals surface area contributed by atoms with Crippen LogP contribution in [0.3, 0.4) is 0 Å². The maximum atomic E-state index is 12.7. The lowest BCUT2D eigenvalue weighted by Crippen LogP contribution is -2.45. The highest BCUT2D eigenvalue weighted by atomic mass is 16.7. The molecule has 1 spiro atoms. The van der Waals surface area contributed by atoms with E-state index in [-0.39, 0.29) is 48.1 Å². The van der Waals surface area contributed by atoms with Crippen LogP contribution >= 0.6 is 0 Å². The van der Waals surface area contributed by atoms with E-state index in [2.05, 4.69) is 13.8 Å². The molecule has 1 saturated heterocycles. The van der Waals surface area contributed by atoms with Gasteiger partial charge in [-0.3, -0.25) is 4.79 Å². The zero-order valence-corrected chi connectivity index (χ0v) is 17.1. The van der Waals surface area contributed by atoms with E-state index in [4.69, 9.17) is 28.4 Å². The summed E-state index contributed by atoms with van der Waals surface area (Å²) in [6.45, 7) is 4.50. The van der Waals surface area contributed by atoms with Crippen LogP contribution in [0.25, 0.3) is 0 Å². The molecule has 0 N–H and O–H groups in total. The molecule has 4 atom stereocenters. The van der Waals surface area contributed by atoms with Crippen molar-refractivity contribution in [2.75, 3.05) is 28.1 Å². The molecule has 1 aromatic rings. The molecule has 0 radical (unpaired) electrons. The third kappa shape index (κ3) is 2.19. The molecule has 3 aliphatic heterocycles. The number of fused-ring (bicyclic) bond motifs is 7. The van der Waals surface area contributed by atoms with Crippen molar-refractivity contribution in [2.45, 2.75) is 31.5 Å². The van der Waals surface area contributed by atoms with Crippen LogP contribution in [-0.2, 0) is 24.4 Å². The van der Waals surface area contributed by atoms with Crippen molar-refractivity contribution in [1.82, 2.24) is 0 Å². The minimum absolute atomic E-state index is 0.101. The lowest BCUT2D eigenvalue weighted by Gasteiger charge is -2.43. The molecule has 7 nitrogen and oxygen atoms in total. The second-order valence-corrected chi connectivity index (χ2v) is 7.99. The molecule has 0 saturated carbocycles. The van der Waals surface area contributed by atoms with Gasteiger partial charge in [0.2, 0.25) is 12.5 Å². The van der Waals surface area contributed by atoms with Gasteiger partial charge in [-0.2, -0.15) is 0 Å². The van der Waals surface area contributed by atoms with Crippen LogP contribution in [0.1, 0.15) is 31.1 Å². The normalized spacial score (nSPS) is 30.6. The van der Waals surface area contributed by atoms with Crippen LogP contribution in [0.15, 0.2) is 29.7 Å². The highest BCUT2D eigenvalue weighted by molar-refractivity contribution is 6.07. The van der Waals surface area contributed by atoms with Crippen molar-refractivity contribution in [3.8, 4) is 17.2 Å². The Labute approximate surface area is 169 Å². The number of methoxy groups -OCH3 is 3. The lowest BCUT2D eigenvalue weighted by atomic mass is 9.67. The summed E-state index contributed by atoms with van der Waals surface area (Å²) >= 11 is 0. The fourth-order valence-corrected chi connectivity index (χ4v) is 5.24. The molecule has 29 heavy (non-hydrogen) atoms. The molecule has 4 unspecified atom stereocenters. The first-order valence-electron chi connectivity index (χ1n) is 9.71. The summed E-state index contributed by atoms with van der Waals surface area (Å²) in [5.41, 5.74) is 1.10. The SMILES string of the molecule is COC1=CC2(C=C(OC)C1=O)c1c(cc3c(c1OC)OCO3)C1OC2C(C)C1C. The minimum Gasteiger partial charge on any atom is -0.493 e. The van der Waals surface area contributed by atoms with E-state index in [0.717, 1.165) is 11.1 Å². The van der Waals surface area contributed by atoms with E-state index in [1.807, 2.05) is 18.2 Å². The zero-order chi connectivity index (χ0) is 20.5. The van der Waals surface area contributed by atoms with Crippen LogP contribution in [0, 0.1) is 11.8 Å². The van der Waals surface area contributed by atoms with Gasteiger partial charge in [-0.25, -0.2) is 0 Å². The Morgan fingerprint density at radius 3 is 2.31 bits per heavy atom. The third-order valence-electron chi connectivity index (χ3n) is 6.77. The van der Waals surface area contributed by atoms with Gasteiger partial charge >= 0.3 is 0 Å². The second-order valence-electron chi connectivity index (χ2n) is 7.99. The van der Waals surface area contributed by atoms with Crippen molar-refractivity contribution < 1.29 is 33.2 Å². The fraction of sp³-hybridized carbons (Fsp3) is 0.500. The largest absolute Gasteiger partial charge is 0.493 e. The summed E-state index contributed by atoms with van der Waals surface area (Å²) in [5.74, 6) is 2.45. The Morgan fingerprint density at radius 2 is 1.69 bits per heavy atom. The lowest BCUT2D eigenvalue weighted by molar-refractivity contribution is -0.118. The maximum Gasteiger partial charge on any atom is 0.261 e. The third-order valence-corrected chi connectivity index (χ3v) is 6.77. The summed E-state index contributed by atoms with van der Waals surface area (Å²) in [6.07, 6.45) is 3.37. The molecule has 1 aliphatic carbocycles. The molecular formula is C22H24O7. The van der Waals surface area contributed by atoms with Crippen molar-refractivity contribution in [3.05, 3.63) is 40.9 Å². The average molecular weight is 400 g/mol. The highest BCUT2D eigenvalue weighted by Crippen LogP contribution is 2.63. The minimum atomic E-state index is -0.799. The standard InChI is InChI=1S/C22H24O7/c1-10-11(2)21-22(7-14(24-3)17(23)15(8-22)25-4)16-12(18(10)29-21)6-13-19(20(16)26-5)28-9-27-13/h6-8,10-11,18,21H,9H2,1-5H3. The summed E-state index contributed by atoms with van der Waals surface area (Å²) in [7, 11) is 4.59. The van der Waals surface area contributed by atoms with Crippen molar-refractivity contribution >= 4 is 5.78 Å². The van der Waals surface area contributed by atoms with Crippen LogP contribution in [0.4, 0.5) is 0 Å². The monoisotopic (exact) mass is 400 g/mol. The number of carbonyl (C=O) groups excluding carboxylic acids is 1. The van der Waals surface area contributed by atoms with Gasteiger partial charge in [0.1, 0.15) is 0 Å². The van der Waals surface area contributed by atoms with Crippen molar-refractivity contribution in [3.63, 3.8) is 0 Å². The molecular weight excluding hydrogens is 376 g/mol. The van der Waals surface area contributed by atoms with Crippen LogP contribution in [0.5, 0.6) is 17.2 Å². The van der Waals surface area contributed by atoms with Crippen LogP contribution < -0.4 is 14.2 Å². The zero-order valence-electron chi connectivity index (χ0n) is 17.1. The topological polar surface area (TPSA) is 72.5 Å². The predicted octanol–water partition coefficient (Wildman–Crippen LogP) is 3.03.